The summed E-state index contributed by atoms with van der Waals surface area (Å²) in [6, 6.07) is 23.7. The molecule has 0 unspecified atom stereocenters. The number of nitrogens with zero attached hydrogens (tertiary/aromatic N) is 5. The number of aromatic nitrogens is 3. The topological polar surface area (TPSA) is 102 Å². The number of amides is 2. The summed E-state index contributed by atoms with van der Waals surface area (Å²) in [6.45, 7) is 0.0537. The summed E-state index contributed by atoms with van der Waals surface area (Å²) < 4.78 is 20.8. The minimum Gasteiger partial charge on any atom is -0.496 e. The highest BCUT2D eigenvalue weighted by Crippen LogP contribution is 2.35. The summed E-state index contributed by atoms with van der Waals surface area (Å²) in [4.78, 5) is 27.7. The number of methoxy groups -OCH3 is 1. The molecule has 2 aromatic heterocycles. The fourth-order valence-corrected chi connectivity index (χ4v) is 6.67. The average Bonchev–Trinajstić information content (AvgIpc) is 3.83. The zero-order valence-electron chi connectivity index (χ0n) is 23.9. The number of rotatable bonds is 10. The van der Waals surface area contributed by atoms with Crippen LogP contribution in [0.4, 0.5) is 4.39 Å². The predicted molar refractivity (Wildman–Crippen MR) is 173 cm³/mol. The number of benzene rings is 3. The number of halogens is 2. The fourth-order valence-electron chi connectivity index (χ4n) is 4.94. The standard InChI is InChI=1S/C32H26ClFN6O3S2/c1-43-27-9-3-2-8-24(27)31(42)35-18-29-36-37-32(39(29)23-7-4-6-21(33)16-23)45-19-30(41)40-26(20-11-13-22(34)14-12-20)17-25(38-40)28-10-5-15-44-28/h2-16,26H,17-19H2,1H3,(H,35,42)/t26-/m1/s1. The van der Waals surface area contributed by atoms with Gasteiger partial charge in [-0.2, -0.15) is 5.10 Å². The zero-order chi connectivity index (χ0) is 31.3. The number of thiophene rings is 1. The Morgan fingerprint density at radius 1 is 1.07 bits per heavy atom. The van der Waals surface area contributed by atoms with E-state index in [2.05, 4.69) is 15.5 Å². The van der Waals surface area contributed by atoms with Crippen molar-refractivity contribution in [1.82, 2.24) is 25.1 Å². The van der Waals surface area contributed by atoms with E-state index in [1.807, 2.05) is 23.6 Å². The van der Waals surface area contributed by atoms with Crippen molar-refractivity contribution in [2.45, 2.75) is 24.2 Å². The van der Waals surface area contributed by atoms with Crippen LogP contribution in [0.15, 0.2) is 101 Å². The van der Waals surface area contributed by atoms with Gasteiger partial charge in [0.1, 0.15) is 11.6 Å². The molecule has 0 fully saturated rings. The van der Waals surface area contributed by atoms with Gasteiger partial charge in [-0.1, -0.05) is 59.8 Å². The van der Waals surface area contributed by atoms with Crippen LogP contribution in [0.5, 0.6) is 5.75 Å². The second-order valence-corrected chi connectivity index (χ2v) is 12.2. The normalized spacial score (nSPS) is 14.3. The van der Waals surface area contributed by atoms with Crippen molar-refractivity contribution in [2.24, 2.45) is 5.10 Å². The monoisotopic (exact) mass is 660 g/mol. The summed E-state index contributed by atoms with van der Waals surface area (Å²) in [5.74, 6) is -0.0265. The maximum Gasteiger partial charge on any atom is 0.255 e. The van der Waals surface area contributed by atoms with Crippen molar-refractivity contribution in [3.8, 4) is 11.4 Å². The maximum atomic E-state index is 13.7. The summed E-state index contributed by atoms with van der Waals surface area (Å²) in [5, 5.41) is 20.7. The van der Waals surface area contributed by atoms with E-state index in [0.29, 0.717) is 39.4 Å². The van der Waals surface area contributed by atoms with E-state index in [9.17, 15) is 14.0 Å². The Morgan fingerprint density at radius 3 is 2.64 bits per heavy atom. The highest BCUT2D eigenvalue weighted by molar-refractivity contribution is 7.99. The lowest BCUT2D eigenvalue weighted by Crippen LogP contribution is -2.28. The van der Waals surface area contributed by atoms with E-state index in [-0.39, 0.29) is 36.0 Å². The number of carbonyl (C=O) groups is 2. The van der Waals surface area contributed by atoms with Gasteiger partial charge >= 0.3 is 0 Å². The molecule has 0 aliphatic carbocycles. The quantitative estimate of drug-likeness (QED) is 0.171. The van der Waals surface area contributed by atoms with E-state index in [1.54, 1.807) is 70.5 Å². The van der Waals surface area contributed by atoms with Gasteiger partial charge in [-0.3, -0.25) is 14.2 Å². The van der Waals surface area contributed by atoms with Gasteiger partial charge in [0, 0.05) is 11.4 Å². The van der Waals surface area contributed by atoms with Crippen molar-refractivity contribution in [3.63, 3.8) is 0 Å². The molecule has 1 atom stereocenters. The van der Waals surface area contributed by atoms with E-state index in [4.69, 9.17) is 21.4 Å². The lowest BCUT2D eigenvalue weighted by Gasteiger charge is -2.22. The third-order valence-corrected chi connectivity index (χ3v) is 9.14. The Hall–Kier alpha value is -4.52. The number of ether oxygens (including phenoxy) is 1. The van der Waals surface area contributed by atoms with Crippen LogP contribution in [0.3, 0.4) is 0 Å². The Morgan fingerprint density at radius 2 is 1.89 bits per heavy atom. The molecule has 45 heavy (non-hydrogen) atoms. The van der Waals surface area contributed by atoms with Crippen LogP contribution in [-0.4, -0.2) is 50.2 Å². The van der Waals surface area contributed by atoms with E-state index >= 15 is 0 Å². The summed E-state index contributed by atoms with van der Waals surface area (Å²) in [7, 11) is 1.50. The summed E-state index contributed by atoms with van der Waals surface area (Å²) in [6.07, 6.45) is 0.511. The van der Waals surface area contributed by atoms with Gasteiger partial charge in [0.25, 0.3) is 11.8 Å². The van der Waals surface area contributed by atoms with Crippen molar-refractivity contribution < 1.29 is 18.7 Å². The summed E-state index contributed by atoms with van der Waals surface area (Å²) in [5.41, 5.74) is 2.65. The largest absolute Gasteiger partial charge is 0.496 e. The van der Waals surface area contributed by atoms with Crippen LogP contribution in [0, 0.1) is 5.82 Å². The predicted octanol–water partition coefficient (Wildman–Crippen LogP) is 6.53. The third kappa shape index (κ3) is 6.77. The third-order valence-electron chi connectivity index (χ3n) is 7.08. The highest BCUT2D eigenvalue weighted by Gasteiger charge is 2.33. The molecule has 0 radical (unpaired) electrons. The van der Waals surface area contributed by atoms with Crippen molar-refractivity contribution >= 4 is 52.2 Å². The Bertz CT molecular complexity index is 1860. The summed E-state index contributed by atoms with van der Waals surface area (Å²) >= 11 is 9.06. The first-order valence-electron chi connectivity index (χ1n) is 13.8. The van der Waals surface area contributed by atoms with Gasteiger partial charge in [0.2, 0.25) is 0 Å². The van der Waals surface area contributed by atoms with Gasteiger partial charge in [0.15, 0.2) is 11.0 Å². The molecule has 13 heteroatoms. The van der Waals surface area contributed by atoms with Crippen LogP contribution >= 0.6 is 34.7 Å². The zero-order valence-corrected chi connectivity index (χ0v) is 26.3. The SMILES string of the molecule is COc1ccccc1C(=O)NCc1nnc(SCC(=O)N2N=C(c3cccs3)C[C@@H]2c2ccc(F)cc2)n1-c1cccc(Cl)c1. The van der Waals surface area contributed by atoms with Crippen molar-refractivity contribution in [1.29, 1.82) is 0 Å². The lowest BCUT2D eigenvalue weighted by molar-refractivity contribution is -0.130. The Labute approximate surface area is 271 Å². The Balaban J connectivity index is 1.24. The van der Waals surface area contributed by atoms with Crippen molar-refractivity contribution in [3.05, 3.63) is 123 Å². The first-order chi connectivity index (χ1) is 21.9. The van der Waals surface area contributed by atoms with Crippen LogP contribution in [-0.2, 0) is 11.3 Å². The van der Waals surface area contributed by atoms with Crippen LogP contribution in [0.2, 0.25) is 5.02 Å². The number of hydrazone groups is 1. The van der Waals surface area contributed by atoms with E-state index in [0.717, 1.165) is 16.2 Å². The molecule has 3 heterocycles. The van der Waals surface area contributed by atoms with Gasteiger partial charge in [0.05, 0.1) is 47.3 Å². The number of carbonyl (C=O) groups excluding carboxylic acids is 2. The van der Waals surface area contributed by atoms with E-state index in [1.165, 1.54) is 36.0 Å². The maximum absolute atomic E-state index is 13.7. The van der Waals surface area contributed by atoms with Gasteiger partial charge < -0.3 is 10.1 Å². The van der Waals surface area contributed by atoms with Crippen molar-refractivity contribution in [2.75, 3.05) is 12.9 Å². The molecule has 6 rings (SSSR count). The smallest absolute Gasteiger partial charge is 0.255 e. The highest BCUT2D eigenvalue weighted by atomic mass is 35.5. The number of thioether (sulfide) groups is 1. The second kappa shape index (κ2) is 13.6. The molecule has 0 saturated carbocycles. The molecule has 1 N–H and O–H groups in total. The number of para-hydroxylation sites is 1. The first kappa shape index (κ1) is 30.5. The molecule has 3 aromatic carbocycles. The molecule has 0 spiro atoms. The Kier molecular flexibility index (Phi) is 9.24. The van der Waals surface area contributed by atoms with Crippen LogP contribution in [0.1, 0.15) is 39.1 Å². The van der Waals surface area contributed by atoms with Crippen LogP contribution < -0.4 is 10.1 Å². The number of hydrogen-bond acceptors (Lipinski definition) is 8. The molecule has 5 aromatic rings. The second-order valence-electron chi connectivity index (χ2n) is 9.92. The molecule has 228 valence electrons. The first-order valence-corrected chi connectivity index (χ1v) is 16.1. The average molecular weight is 661 g/mol. The molecule has 0 bridgehead atoms. The molecule has 1 aliphatic heterocycles. The fraction of sp³-hybridized carbons (Fsp3) is 0.156. The minimum atomic E-state index is -0.373. The lowest BCUT2D eigenvalue weighted by atomic mass is 10.0. The van der Waals surface area contributed by atoms with Gasteiger partial charge in [-0.25, -0.2) is 9.40 Å². The molecule has 0 saturated heterocycles. The molecule has 1 aliphatic rings. The van der Waals surface area contributed by atoms with E-state index < -0.39 is 0 Å². The van der Waals surface area contributed by atoms with Gasteiger partial charge in [-0.15, -0.1) is 21.5 Å². The molecular weight excluding hydrogens is 635 g/mol. The molecular formula is C32H26ClFN6O3S2. The number of hydrogen-bond donors (Lipinski definition) is 1. The van der Waals surface area contributed by atoms with Crippen LogP contribution in [0.25, 0.3) is 5.69 Å². The number of nitrogens with one attached hydrogen (secondary N) is 1. The van der Waals surface area contributed by atoms with Gasteiger partial charge in [-0.05, 0) is 59.5 Å². The minimum absolute atomic E-state index is 0.00515. The molecule has 9 nitrogen and oxygen atoms in total. The molecule has 2 amide bonds.